The molecule has 1 nitrogen and oxygen atoms in total. The summed E-state index contributed by atoms with van der Waals surface area (Å²) in [5, 5.41) is 3.78. The molecule has 1 saturated carbocycles. The van der Waals surface area contributed by atoms with Crippen molar-refractivity contribution < 1.29 is 4.39 Å². The van der Waals surface area contributed by atoms with Crippen molar-refractivity contribution in [2.45, 2.75) is 45.6 Å². The van der Waals surface area contributed by atoms with Crippen molar-refractivity contribution in [2.24, 2.45) is 11.8 Å². The maximum atomic E-state index is 13.3. The van der Waals surface area contributed by atoms with Crippen molar-refractivity contribution in [3.63, 3.8) is 0 Å². The van der Waals surface area contributed by atoms with Gasteiger partial charge in [-0.1, -0.05) is 44.4 Å². The molecule has 2 rings (SSSR count). The fourth-order valence-electron chi connectivity index (χ4n) is 3.10. The second kappa shape index (κ2) is 6.71. The van der Waals surface area contributed by atoms with Crippen LogP contribution in [-0.2, 0) is 0 Å². The van der Waals surface area contributed by atoms with Gasteiger partial charge >= 0.3 is 0 Å². The van der Waals surface area contributed by atoms with Gasteiger partial charge in [0.1, 0.15) is 5.82 Å². The number of rotatable bonds is 4. The quantitative estimate of drug-likeness (QED) is 0.824. The van der Waals surface area contributed by atoms with Gasteiger partial charge in [-0.25, -0.2) is 4.39 Å². The maximum Gasteiger partial charge on any atom is 0.141 e. The molecule has 1 aliphatic rings. The Balaban J connectivity index is 2.16. The van der Waals surface area contributed by atoms with E-state index in [1.54, 1.807) is 6.07 Å². The summed E-state index contributed by atoms with van der Waals surface area (Å²) in [5.41, 5.74) is 1.12. The summed E-state index contributed by atoms with van der Waals surface area (Å²) in [6.45, 7) is 5.36. The lowest BCUT2D eigenvalue weighted by Gasteiger charge is -2.33. The zero-order chi connectivity index (χ0) is 13.8. The number of hydrogen-bond acceptors (Lipinski definition) is 1. The molecule has 1 unspecified atom stereocenters. The molecule has 0 amide bonds. The first-order valence-corrected chi connectivity index (χ1v) is 7.68. The molecule has 1 aromatic rings. The molecule has 0 aromatic heterocycles. The Morgan fingerprint density at radius 1 is 1.32 bits per heavy atom. The van der Waals surface area contributed by atoms with Crippen LogP contribution in [0.2, 0.25) is 5.02 Å². The Morgan fingerprint density at radius 2 is 2.00 bits per heavy atom. The van der Waals surface area contributed by atoms with Crippen LogP contribution in [0.5, 0.6) is 0 Å². The normalized spacial score (nSPS) is 25.3. The zero-order valence-electron chi connectivity index (χ0n) is 11.8. The van der Waals surface area contributed by atoms with Crippen LogP contribution in [0, 0.1) is 17.7 Å². The average Bonchev–Trinajstić information content (AvgIpc) is 2.41. The van der Waals surface area contributed by atoms with E-state index in [-0.39, 0.29) is 10.8 Å². The minimum Gasteiger partial charge on any atom is -0.310 e. The molecule has 1 fully saturated rings. The van der Waals surface area contributed by atoms with Gasteiger partial charge in [-0.3, -0.25) is 0 Å². The van der Waals surface area contributed by atoms with Crippen LogP contribution in [0.15, 0.2) is 18.2 Å². The molecule has 0 spiro atoms. The summed E-state index contributed by atoms with van der Waals surface area (Å²) >= 11 is 5.92. The molecule has 0 radical (unpaired) electrons. The Hall–Kier alpha value is -0.600. The maximum absolute atomic E-state index is 13.3. The van der Waals surface area contributed by atoms with E-state index < -0.39 is 0 Å². The minimum absolute atomic E-state index is 0.226. The summed E-state index contributed by atoms with van der Waals surface area (Å²) in [6, 6.07) is 5.43. The smallest absolute Gasteiger partial charge is 0.141 e. The summed E-state index contributed by atoms with van der Waals surface area (Å²) in [7, 11) is 0. The summed E-state index contributed by atoms with van der Waals surface area (Å²) in [4.78, 5) is 0. The number of hydrogen-bond donors (Lipinski definition) is 1. The molecule has 0 saturated heterocycles. The van der Waals surface area contributed by atoms with E-state index in [1.807, 2.05) is 6.07 Å². The van der Waals surface area contributed by atoms with Gasteiger partial charge in [0.2, 0.25) is 0 Å². The van der Waals surface area contributed by atoms with E-state index in [0.717, 1.165) is 18.0 Å². The monoisotopic (exact) mass is 283 g/mol. The first-order valence-electron chi connectivity index (χ1n) is 7.30. The summed E-state index contributed by atoms with van der Waals surface area (Å²) < 4.78 is 13.3. The van der Waals surface area contributed by atoms with Gasteiger partial charge in [0.05, 0.1) is 5.02 Å². The molecule has 19 heavy (non-hydrogen) atoms. The molecular formula is C16H23ClFN. The Bertz CT molecular complexity index is 413. The zero-order valence-corrected chi connectivity index (χ0v) is 12.5. The third-order valence-electron chi connectivity index (χ3n) is 4.26. The van der Waals surface area contributed by atoms with Crippen LogP contribution in [0.25, 0.3) is 0 Å². The molecule has 1 N–H and O–H groups in total. The highest BCUT2D eigenvalue weighted by molar-refractivity contribution is 6.30. The second-order valence-electron chi connectivity index (χ2n) is 5.73. The lowest BCUT2D eigenvalue weighted by molar-refractivity contribution is 0.233. The van der Waals surface area contributed by atoms with Gasteiger partial charge in [-0.15, -0.1) is 0 Å². The first kappa shape index (κ1) is 14.8. The third kappa shape index (κ3) is 3.70. The highest BCUT2D eigenvalue weighted by atomic mass is 35.5. The molecule has 3 heteroatoms. The van der Waals surface area contributed by atoms with Crippen molar-refractivity contribution in [3.05, 3.63) is 34.6 Å². The molecule has 1 atom stereocenters. The van der Waals surface area contributed by atoms with Crippen LogP contribution in [0.1, 0.15) is 51.1 Å². The van der Waals surface area contributed by atoms with Crippen molar-refractivity contribution in [1.29, 1.82) is 0 Å². The molecule has 106 valence electrons. The lowest BCUT2D eigenvalue weighted by atomic mass is 9.77. The Labute approximate surface area is 120 Å². The SMILES string of the molecule is CCNC(c1ccc(F)c(Cl)c1)C1CCC(C)CC1. The fraction of sp³-hybridized carbons (Fsp3) is 0.625. The van der Waals surface area contributed by atoms with Crippen molar-refractivity contribution in [2.75, 3.05) is 6.54 Å². The van der Waals surface area contributed by atoms with Crippen LogP contribution in [-0.4, -0.2) is 6.54 Å². The molecule has 0 heterocycles. The second-order valence-corrected chi connectivity index (χ2v) is 6.14. The molecule has 1 aliphatic carbocycles. The van der Waals surface area contributed by atoms with E-state index in [2.05, 4.69) is 19.2 Å². The van der Waals surface area contributed by atoms with Crippen LogP contribution < -0.4 is 5.32 Å². The first-order chi connectivity index (χ1) is 9.11. The van der Waals surface area contributed by atoms with Crippen molar-refractivity contribution >= 4 is 11.6 Å². The van der Waals surface area contributed by atoms with E-state index in [0.29, 0.717) is 12.0 Å². The van der Waals surface area contributed by atoms with Crippen LogP contribution in [0.4, 0.5) is 4.39 Å². The predicted octanol–water partition coefficient (Wildman–Crippen LogP) is 4.96. The van der Waals surface area contributed by atoms with Gasteiger partial charge in [0, 0.05) is 6.04 Å². The highest BCUT2D eigenvalue weighted by Gasteiger charge is 2.27. The standard InChI is InChI=1S/C16H23ClFN/c1-3-19-16(12-6-4-11(2)5-7-12)13-8-9-15(18)14(17)10-13/h8-12,16,19H,3-7H2,1-2H3. The van der Waals surface area contributed by atoms with E-state index in [9.17, 15) is 4.39 Å². The number of nitrogens with one attached hydrogen (secondary N) is 1. The van der Waals surface area contributed by atoms with Gasteiger partial charge in [-0.2, -0.15) is 0 Å². The predicted molar refractivity (Wildman–Crippen MR) is 78.9 cm³/mol. The number of halogens is 2. The van der Waals surface area contributed by atoms with Crippen molar-refractivity contribution in [1.82, 2.24) is 5.32 Å². The van der Waals surface area contributed by atoms with Gasteiger partial charge in [0.25, 0.3) is 0 Å². The Morgan fingerprint density at radius 3 is 2.58 bits per heavy atom. The van der Waals surface area contributed by atoms with E-state index in [1.165, 1.54) is 31.7 Å². The fourth-order valence-corrected chi connectivity index (χ4v) is 3.29. The average molecular weight is 284 g/mol. The lowest BCUT2D eigenvalue weighted by Crippen LogP contribution is -2.30. The number of benzene rings is 1. The Kier molecular flexibility index (Phi) is 5.23. The molecule has 1 aromatic carbocycles. The third-order valence-corrected chi connectivity index (χ3v) is 4.55. The van der Waals surface area contributed by atoms with E-state index in [4.69, 9.17) is 11.6 Å². The minimum atomic E-state index is -0.335. The van der Waals surface area contributed by atoms with Crippen molar-refractivity contribution in [3.8, 4) is 0 Å². The molecule has 0 bridgehead atoms. The van der Waals surface area contributed by atoms with Gasteiger partial charge < -0.3 is 5.32 Å². The van der Waals surface area contributed by atoms with E-state index >= 15 is 0 Å². The van der Waals surface area contributed by atoms with Crippen LogP contribution in [0.3, 0.4) is 0 Å². The molecular weight excluding hydrogens is 261 g/mol. The molecule has 0 aliphatic heterocycles. The summed E-state index contributed by atoms with van der Waals surface area (Å²) in [5.74, 6) is 1.14. The van der Waals surface area contributed by atoms with Crippen LogP contribution >= 0.6 is 11.6 Å². The summed E-state index contributed by atoms with van der Waals surface area (Å²) in [6.07, 6.45) is 5.07. The largest absolute Gasteiger partial charge is 0.310 e. The van der Waals surface area contributed by atoms with Gasteiger partial charge in [-0.05, 0) is 48.9 Å². The highest BCUT2D eigenvalue weighted by Crippen LogP contribution is 2.37. The van der Waals surface area contributed by atoms with Gasteiger partial charge in [0.15, 0.2) is 0 Å². The topological polar surface area (TPSA) is 12.0 Å².